The van der Waals surface area contributed by atoms with Gasteiger partial charge in [-0.1, -0.05) is 44.9 Å². The summed E-state index contributed by atoms with van der Waals surface area (Å²) >= 11 is 1.83. The summed E-state index contributed by atoms with van der Waals surface area (Å²) < 4.78 is 1.39. The lowest BCUT2D eigenvalue weighted by Crippen LogP contribution is -2.41. The number of fused-ring (bicyclic) bond motifs is 1. The highest BCUT2D eigenvalue weighted by Crippen LogP contribution is 2.47. The minimum atomic E-state index is 0.257. The third-order valence-electron chi connectivity index (χ3n) is 5.02. The van der Waals surface area contributed by atoms with Gasteiger partial charge in [-0.15, -0.1) is 11.3 Å². The van der Waals surface area contributed by atoms with Gasteiger partial charge in [-0.25, -0.2) is 0 Å². The molecule has 0 radical (unpaired) electrons. The van der Waals surface area contributed by atoms with Crippen molar-refractivity contribution in [2.24, 2.45) is 17.2 Å². The topological polar surface area (TPSA) is 38.0 Å². The van der Waals surface area contributed by atoms with E-state index in [1.54, 1.807) is 0 Å². The van der Waals surface area contributed by atoms with Crippen LogP contribution in [0, 0.1) is 11.3 Å². The lowest BCUT2D eigenvalue weighted by molar-refractivity contribution is 0.0988. The highest BCUT2D eigenvalue weighted by molar-refractivity contribution is 7.17. The molecule has 0 spiro atoms. The predicted octanol–water partition coefficient (Wildman–Crippen LogP) is 4.62. The average molecular weight is 288 g/mol. The first kappa shape index (κ1) is 14.1. The quantitative estimate of drug-likeness (QED) is 0.638. The normalized spacial score (nSPS) is 23.9. The zero-order valence-corrected chi connectivity index (χ0v) is 13.2. The molecule has 20 heavy (non-hydrogen) atoms. The molecule has 2 unspecified atom stereocenters. The van der Waals surface area contributed by atoms with Crippen molar-refractivity contribution in [2.75, 3.05) is 0 Å². The van der Waals surface area contributed by atoms with Gasteiger partial charge in [0.15, 0.2) is 0 Å². The molecule has 0 saturated heterocycles. The monoisotopic (exact) mass is 288 g/mol. The predicted molar refractivity (Wildman–Crippen MR) is 87.6 cm³/mol. The number of thiophene rings is 1. The summed E-state index contributed by atoms with van der Waals surface area (Å²) in [6.07, 6.45) is 5.25. The maximum Gasteiger partial charge on any atom is 0.0507 e. The maximum absolute atomic E-state index is 5.97. The van der Waals surface area contributed by atoms with Crippen LogP contribution in [0.5, 0.6) is 0 Å². The highest BCUT2D eigenvalue weighted by atomic mass is 32.1. The van der Waals surface area contributed by atoms with Crippen LogP contribution in [0.2, 0.25) is 0 Å². The fourth-order valence-corrected chi connectivity index (χ4v) is 4.78. The van der Waals surface area contributed by atoms with Gasteiger partial charge in [0.2, 0.25) is 0 Å². The van der Waals surface area contributed by atoms with Crippen LogP contribution in [0.25, 0.3) is 10.1 Å². The van der Waals surface area contributed by atoms with Crippen LogP contribution in [-0.4, -0.2) is 0 Å². The van der Waals surface area contributed by atoms with E-state index in [4.69, 9.17) is 5.84 Å². The summed E-state index contributed by atoms with van der Waals surface area (Å²) in [5, 5.41) is 3.51. The van der Waals surface area contributed by atoms with Gasteiger partial charge in [0.1, 0.15) is 0 Å². The zero-order valence-electron chi connectivity index (χ0n) is 12.4. The molecule has 1 heterocycles. The first-order chi connectivity index (χ1) is 9.63. The second-order valence-electron chi connectivity index (χ2n) is 6.67. The molecule has 1 aromatic heterocycles. The van der Waals surface area contributed by atoms with Crippen LogP contribution < -0.4 is 11.3 Å². The number of hydrogen-bond donors (Lipinski definition) is 2. The fraction of sp³-hybridized carbons (Fsp3) is 0.529. The average Bonchev–Trinajstić information content (AvgIpc) is 2.90. The second-order valence-corrected chi connectivity index (χ2v) is 7.59. The van der Waals surface area contributed by atoms with Gasteiger partial charge in [-0.2, -0.15) is 0 Å². The summed E-state index contributed by atoms with van der Waals surface area (Å²) in [7, 11) is 0. The molecule has 1 saturated carbocycles. The second kappa shape index (κ2) is 5.47. The minimum Gasteiger partial charge on any atom is -0.271 e. The van der Waals surface area contributed by atoms with Crippen LogP contribution in [0.15, 0.2) is 29.6 Å². The van der Waals surface area contributed by atoms with Crippen LogP contribution in [0.3, 0.4) is 0 Å². The number of nitrogens with two attached hydrogens (primary N) is 1. The smallest absolute Gasteiger partial charge is 0.0507 e. The SMILES string of the molecule is CC1(C)CCCCC1C(NN)c1cccc2ccsc12. The van der Waals surface area contributed by atoms with Crippen molar-refractivity contribution in [1.82, 2.24) is 5.43 Å². The molecule has 0 aliphatic heterocycles. The Labute approximate surface area is 125 Å². The van der Waals surface area contributed by atoms with Crippen molar-refractivity contribution in [2.45, 2.75) is 45.6 Å². The van der Waals surface area contributed by atoms with Gasteiger partial charge in [0.05, 0.1) is 6.04 Å². The summed E-state index contributed by atoms with van der Waals surface area (Å²) in [6.45, 7) is 4.80. The van der Waals surface area contributed by atoms with E-state index in [1.165, 1.54) is 41.3 Å². The van der Waals surface area contributed by atoms with Gasteiger partial charge in [0, 0.05) is 4.70 Å². The lowest BCUT2D eigenvalue weighted by Gasteiger charge is -2.43. The van der Waals surface area contributed by atoms with Gasteiger partial charge in [-0.3, -0.25) is 11.3 Å². The molecular formula is C17H24N2S. The highest BCUT2D eigenvalue weighted by Gasteiger charge is 2.38. The largest absolute Gasteiger partial charge is 0.271 e. The Kier molecular flexibility index (Phi) is 3.85. The Bertz CT molecular complexity index is 587. The molecule has 3 rings (SSSR count). The van der Waals surface area contributed by atoms with Crippen LogP contribution in [-0.2, 0) is 0 Å². The Hall–Kier alpha value is -0.900. The van der Waals surface area contributed by atoms with E-state index in [1.807, 2.05) is 11.3 Å². The van der Waals surface area contributed by atoms with E-state index >= 15 is 0 Å². The maximum atomic E-state index is 5.97. The third kappa shape index (κ3) is 2.39. The molecular weight excluding hydrogens is 264 g/mol. The van der Waals surface area contributed by atoms with Gasteiger partial charge in [-0.05, 0) is 46.6 Å². The van der Waals surface area contributed by atoms with Crippen molar-refractivity contribution in [3.8, 4) is 0 Å². The molecule has 108 valence electrons. The number of hydrogen-bond acceptors (Lipinski definition) is 3. The molecule has 0 amide bonds. The van der Waals surface area contributed by atoms with Crippen molar-refractivity contribution < 1.29 is 0 Å². The van der Waals surface area contributed by atoms with Crippen molar-refractivity contribution >= 4 is 21.4 Å². The molecule has 1 fully saturated rings. The van der Waals surface area contributed by atoms with Gasteiger partial charge in [0.25, 0.3) is 0 Å². The van der Waals surface area contributed by atoms with Crippen LogP contribution >= 0.6 is 11.3 Å². The number of rotatable bonds is 3. The van der Waals surface area contributed by atoms with Crippen molar-refractivity contribution in [1.29, 1.82) is 0 Å². The first-order valence-corrected chi connectivity index (χ1v) is 8.44. The zero-order chi connectivity index (χ0) is 14.2. The van der Waals surface area contributed by atoms with E-state index in [-0.39, 0.29) is 6.04 Å². The van der Waals surface area contributed by atoms with E-state index in [9.17, 15) is 0 Å². The molecule has 2 nitrogen and oxygen atoms in total. The van der Waals surface area contributed by atoms with Crippen molar-refractivity contribution in [3.05, 3.63) is 35.2 Å². The molecule has 2 aromatic rings. The summed E-state index contributed by atoms with van der Waals surface area (Å²) in [6, 6.07) is 9.05. The molecule has 1 aliphatic rings. The van der Waals surface area contributed by atoms with E-state index in [0.717, 1.165) is 0 Å². The third-order valence-corrected chi connectivity index (χ3v) is 6.00. The summed E-state index contributed by atoms with van der Waals surface area (Å²) in [5.41, 5.74) is 4.86. The van der Waals surface area contributed by atoms with Gasteiger partial charge >= 0.3 is 0 Å². The Morgan fingerprint density at radius 3 is 2.90 bits per heavy atom. The van der Waals surface area contributed by atoms with E-state index in [0.29, 0.717) is 11.3 Å². The van der Waals surface area contributed by atoms with E-state index < -0.39 is 0 Å². The summed E-state index contributed by atoms with van der Waals surface area (Å²) in [4.78, 5) is 0. The minimum absolute atomic E-state index is 0.257. The Balaban J connectivity index is 2.03. The molecule has 0 bridgehead atoms. The van der Waals surface area contributed by atoms with Gasteiger partial charge < -0.3 is 0 Å². The molecule has 1 aromatic carbocycles. The standard InChI is InChI=1S/C17H24N2S/c1-17(2)10-4-3-8-14(17)15(19-18)13-7-5-6-12-9-11-20-16(12)13/h5-7,9,11,14-15,19H,3-4,8,10,18H2,1-2H3. The Morgan fingerprint density at radius 2 is 2.15 bits per heavy atom. The molecule has 3 N–H and O–H groups in total. The van der Waals surface area contributed by atoms with E-state index in [2.05, 4.69) is 48.9 Å². The molecule has 2 atom stereocenters. The summed E-state index contributed by atoms with van der Waals surface area (Å²) in [5.74, 6) is 6.58. The first-order valence-electron chi connectivity index (χ1n) is 7.56. The molecule has 1 aliphatic carbocycles. The van der Waals surface area contributed by atoms with Crippen molar-refractivity contribution in [3.63, 3.8) is 0 Å². The number of benzene rings is 1. The Morgan fingerprint density at radius 1 is 1.30 bits per heavy atom. The van der Waals surface area contributed by atoms with Crippen LogP contribution in [0.4, 0.5) is 0 Å². The van der Waals surface area contributed by atoms with Crippen LogP contribution in [0.1, 0.15) is 51.1 Å². The number of hydrazine groups is 1. The molecule has 3 heteroatoms. The number of nitrogens with one attached hydrogen (secondary N) is 1. The lowest BCUT2D eigenvalue weighted by atomic mass is 9.65. The fourth-order valence-electron chi connectivity index (χ4n) is 3.82.